The molecule has 1 aromatic rings. The van der Waals surface area contributed by atoms with Gasteiger partial charge in [0.1, 0.15) is 0 Å². The molecule has 4 nitrogen and oxygen atoms in total. The standard InChI is InChI=1S/C11H14BrNO3S/c1-16-10-6-9(7-10)13-17(14,15)11-4-2-3-8(12)5-11/h2-5,9-10,13H,6-7H2,1H3. The van der Waals surface area contributed by atoms with E-state index < -0.39 is 10.0 Å². The van der Waals surface area contributed by atoms with Crippen molar-refractivity contribution in [2.45, 2.75) is 29.9 Å². The molecule has 94 valence electrons. The number of nitrogens with one attached hydrogen (secondary N) is 1. The van der Waals surface area contributed by atoms with E-state index in [-0.39, 0.29) is 17.0 Å². The molecule has 0 spiro atoms. The Morgan fingerprint density at radius 2 is 2.12 bits per heavy atom. The van der Waals surface area contributed by atoms with Crippen molar-refractivity contribution in [2.24, 2.45) is 0 Å². The highest BCUT2D eigenvalue weighted by Gasteiger charge is 2.32. The number of ether oxygens (including phenoxy) is 1. The number of hydrogen-bond acceptors (Lipinski definition) is 3. The molecule has 6 heteroatoms. The molecule has 1 aromatic carbocycles. The third-order valence-corrected chi connectivity index (χ3v) is 4.87. The van der Waals surface area contributed by atoms with Crippen LogP contribution in [0.2, 0.25) is 0 Å². The molecule has 0 aliphatic heterocycles. The van der Waals surface area contributed by atoms with Gasteiger partial charge in [0.05, 0.1) is 11.0 Å². The van der Waals surface area contributed by atoms with Crippen LogP contribution in [0, 0.1) is 0 Å². The Bertz CT molecular complexity index is 497. The third-order valence-electron chi connectivity index (χ3n) is 2.86. The van der Waals surface area contributed by atoms with Gasteiger partial charge in [-0.05, 0) is 31.0 Å². The van der Waals surface area contributed by atoms with Crippen LogP contribution >= 0.6 is 15.9 Å². The largest absolute Gasteiger partial charge is 0.381 e. The zero-order chi connectivity index (χ0) is 12.5. The lowest BCUT2D eigenvalue weighted by molar-refractivity contribution is 0.0236. The summed E-state index contributed by atoms with van der Waals surface area (Å²) in [4.78, 5) is 0.285. The Morgan fingerprint density at radius 1 is 1.41 bits per heavy atom. The van der Waals surface area contributed by atoms with Gasteiger partial charge in [-0.1, -0.05) is 22.0 Å². The predicted molar refractivity (Wildman–Crippen MR) is 68.3 cm³/mol. The van der Waals surface area contributed by atoms with Crippen molar-refractivity contribution in [3.05, 3.63) is 28.7 Å². The van der Waals surface area contributed by atoms with Crippen molar-refractivity contribution in [3.63, 3.8) is 0 Å². The van der Waals surface area contributed by atoms with Crippen molar-refractivity contribution in [1.82, 2.24) is 4.72 Å². The second-order valence-electron chi connectivity index (χ2n) is 4.10. The number of benzene rings is 1. The fraction of sp³-hybridized carbons (Fsp3) is 0.455. The minimum absolute atomic E-state index is 0.0102. The second kappa shape index (κ2) is 5.06. The van der Waals surface area contributed by atoms with E-state index in [9.17, 15) is 8.42 Å². The molecule has 0 saturated heterocycles. The number of rotatable bonds is 4. The first-order valence-corrected chi connectivity index (χ1v) is 7.59. The van der Waals surface area contributed by atoms with Gasteiger partial charge in [-0.3, -0.25) is 0 Å². The molecule has 0 unspecified atom stereocenters. The average Bonchev–Trinajstić information content (AvgIpc) is 2.23. The van der Waals surface area contributed by atoms with Crippen LogP contribution < -0.4 is 4.72 Å². The molecule has 1 N–H and O–H groups in total. The summed E-state index contributed by atoms with van der Waals surface area (Å²) in [5, 5.41) is 0. The van der Waals surface area contributed by atoms with E-state index >= 15 is 0 Å². The predicted octanol–water partition coefficient (Wildman–Crippen LogP) is 1.90. The van der Waals surface area contributed by atoms with Crippen molar-refractivity contribution in [1.29, 1.82) is 0 Å². The highest BCUT2D eigenvalue weighted by atomic mass is 79.9. The average molecular weight is 320 g/mol. The van der Waals surface area contributed by atoms with E-state index in [1.165, 1.54) is 0 Å². The molecule has 1 fully saturated rings. The van der Waals surface area contributed by atoms with Crippen LogP contribution in [0.25, 0.3) is 0 Å². The van der Waals surface area contributed by atoms with Crippen LogP contribution in [0.4, 0.5) is 0 Å². The van der Waals surface area contributed by atoms with Gasteiger partial charge in [-0.15, -0.1) is 0 Å². The van der Waals surface area contributed by atoms with Gasteiger partial charge < -0.3 is 4.74 Å². The third kappa shape index (κ3) is 3.07. The minimum Gasteiger partial charge on any atom is -0.381 e. The molecule has 2 rings (SSSR count). The van der Waals surface area contributed by atoms with Crippen LogP contribution in [0.5, 0.6) is 0 Å². The highest BCUT2D eigenvalue weighted by molar-refractivity contribution is 9.10. The first-order valence-electron chi connectivity index (χ1n) is 5.32. The van der Waals surface area contributed by atoms with Gasteiger partial charge in [0, 0.05) is 17.6 Å². The van der Waals surface area contributed by atoms with Crippen molar-refractivity contribution in [3.8, 4) is 0 Å². The summed E-state index contributed by atoms with van der Waals surface area (Å²) >= 11 is 3.26. The molecule has 0 atom stereocenters. The van der Waals surface area contributed by atoms with Gasteiger partial charge in [-0.25, -0.2) is 13.1 Å². The maximum absolute atomic E-state index is 12.0. The Labute approximate surface area is 110 Å². The first-order chi connectivity index (χ1) is 8.01. The molecule has 1 saturated carbocycles. The maximum Gasteiger partial charge on any atom is 0.240 e. The van der Waals surface area contributed by atoms with Gasteiger partial charge in [0.25, 0.3) is 0 Å². The van der Waals surface area contributed by atoms with E-state index in [1.54, 1.807) is 31.4 Å². The van der Waals surface area contributed by atoms with Crippen molar-refractivity contribution >= 4 is 26.0 Å². The van der Waals surface area contributed by atoms with E-state index in [0.717, 1.165) is 17.3 Å². The van der Waals surface area contributed by atoms with Gasteiger partial charge >= 0.3 is 0 Å². The fourth-order valence-corrected chi connectivity index (χ4v) is 3.63. The van der Waals surface area contributed by atoms with Crippen molar-refractivity contribution in [2.75, 3.05) is 7.11 Å². The highest BCUT2D eigenvalue weighted by Crippen LogP contribution is 2.25. The van der Waals surface area contributed by atoms with E-state index in [0.29, 0.717) is 0 Å². The lowest BCUT2D eigenvalue weighted by atomic mass is 9.90. The molecule has 0 bridgehead atoms. The van der Waals surface area contributed by atoms with Gasteiger partial charge in [0.15, 0.2) is 0 Å². The summed E-state index contributed by atoms with van der Waals surface area (Å²) in [6, 6.07) is 6.67. The van der Waals surface area contributed by atoms with Crippen molar-refractivity contribution < 1.29 is 13.2 Å². The summed E-state index contributed by atoms with van der Waals surface area (Å²) in [6.07, 6.45) is 1.67. The smallest absolute Gasteiger partial charge is 0.240 e. The monoisotopic (exact) mass is 319 g/mol. The SMILES string of the molecule is COC1CC(NS(=O)(=O)c2cccc(Br)c2)C1. The first kappa shape index (κ1) is 13.0. The number of methoxy groups -OCH3 is 1. The van der Waals surface area contributed by atoms with Crippen LogP contribution in [-0.4, -0.2) is 27.7 Å². The van der Waals surface area contributed by atoms with Gasteiger partial charge in [0.2, 0.25) is 10.0 Å². The molecule has 0 aromatic heterocycles. The summed E-state index contributed by atoms with van der Waals surface area (Å²) < 4.78 is 32.6. The molecule has 0 radical (unpaired) electrons. The zero-order valence-corrected chi connectivity index (χ0v) is 11.8. The lowest BCUT2D eigenvalue weighted by Gasteiger charge is -2.34. The molecule has 17 heavy (non-hydrogen) atoms. The minimum atomic E-state index is -3.41. The Balaban J connectivity index is 2.05. The number of hydrogen-bond donors (Lipinski definition) is 1. The molecule has 0 amide bonds. The quantitative estimate of drug-likeness (QED) is 0.922. The zero-order valence-electron chi connectivity index (χ0n) is 9.39. The maximum atomic E-state index is 12.0. The molecule has 1 aliphatic carbocycles. The van der Waals surface area contributed by atoms with Crippen LogP contribution in [0.1, 0.15) is 12.8 Å². The van der Waals surface area contributed by atoms with Gasteiger partial charge in [-0.2, -0.15) is 0 Å². The molecular formula is C11H14BrNO3S. The van der Waals surface area contributed by atoms with E-state index in [4.69, 9.17) is 4.74 Å². The van der Waals surface area contributed by atoms with Crippen LogP contribution in [0.15, 0.2) is 33.6 Å². The summed E-state index contributed by atoms with van der Waals surface area (Å²) in [5.74, 6) is 0. The molecular weight excluding hydrogens is 306 g/mol. The summed E-state index contributed by atoms with van der Waals surface area (Å²) in [6.45, 7) is 0. The Hall–Kier alpha value is -0.430. The summed E-state index contributed by atoms with van der Waals surface area (Å²) in [7, 11) is -1.77. The second-order valence-corrected chi connectivity index (χ2v) is 6.73. The molecule has 1 aliphatic rings. The topological polar surface area (TPSA) is 55.4 Å². The van der Waals surface area contributed by atoms with Crippen LogP contribution in [-0.2, 0) is 14.8 Å². The Morgan fingerprint density at radius 3 is 2.71 bits per heavy atom. The fourth-order valence-electron chi connectivity index (χ4n) is 1.78. The van der Waals surface area contributed by atoms with Crippen LogP contribution in [0.3, 0.4) is 0 Å². The molecule has 0 heterocycles. The lowest BCUT2D eigenvalue weighted by Crippen LogP contribution is -2.47. The number of sulfonamides is 1. The Kier molecular flexibility index (Phi) is 3.87. The van der Waals surface area contributed by atoms with E-state index in [2.05, 4.69) is 20.7 Å². The summed E-state index contributed by atoms with van der Waals surface area (Å²) in [5.41, 5.74) is 0. The normalized spacial score (nSPS) is 24.4. The van der Waals surface area contributed by atoms with E-state index in [1.807, 2.05) is 0 Å². The number of halogens is 1.